The first kappa shape index (κ1) is 15.0. The van der Waals surface area contributed by atoms with Crippen molar-refractivity contribution in [2.24, 2.45) is 0 Å². The molecule has 0 aliphatic heterocycles. The van der Waals surface area contributed by atoms with E-state index in [1.807, 2.05) is 32.0 Å². The molecule has 2 rings (SSSR count). The number of rotatable bonds is 3. The third-order valence-electron chi connectivity index (χ3n) is 3.30. The van der Waals surface area contributed by atoms with Crippen LogP contribution in [0.5, 0.6) is 0 Å². The van der Waals surface area contributed by atoms with E-state index in [9.17, 15) is 13.6 Å². The van der Waals surface area contributed by atoms with E-state index >= 15 is 0 Å². The van der Waals surface area contributed by atoms with Crippen LogP contribution in [0.4, 0.5) is 14.5 Å². The molecule has 0 heterocycles. The van der Waals surface area contributed by atoms with Crippen molar-refractivity contribution < 1.29 is 18.3 Å². The van der Waals surface area contributed by atoms with Gasteiger partial charge in [-0.25, -0.2) is 13.6 Å². The molecule has 0 radical (unpaired) electrons. The minimum atomic E-state index is -0.992. The molecule has 21 heavy (non-hydrogen) atoms. The summed E-state index contributed by atoms with van der Waals surface area (Å²) >= 11 is 0. The molecule has 0 atom stereocenters. The number of hydrogen-bond acceptors (Lipinski definition) is 3. The molecule has 0 saturated carbocycles. The highest BCUT2D eigenvalue weighted by molar-refractivity contribution is 5.90. The summed E-state index contributed by atoms with van der Waals surface area (Å²) in [5.74, 6) is -2.77. The van der Waals surface area contributed by atoms with E-state index in [0.717, 1.165) is 22.8 Å². The van der Waals surface area contributed by atoms with Crippen molar-refractivity contribution in [1.29, 1.82) is 0 Å². The zero-order chi connectivity index (χ0) is 15.6. The van der Waals surface area contributed by atoms with Crippen molar-refractivity contribution in [3.63, 3.8) is 0 Å². The van der Waals surface area contributed by atoms with Crippen LogP contribution in [0.15, 0.2) is 30.3 Å². The molecular weight excluding hydrogens is 276 g/mol. The van der Waals surface area contributed by atoms with Crippen LogP contribution in [0.1, 0.15) is 27.0 Å². The second-order valence-corrected chi connectivity index (χ2v) is 4.80. The average molecular weight is 291 g/mol. The van der Waals surface area contributed by atoms with Crippen LogP contribution in [0, 0.1) is 25.5 Å². The number of halogens is 2. The molecule has 0 fully saturated rings. The monoisotopic (exact) mass is 291 g/mol. The van der Waals surface area contributed by atoms with Gasteiger partial charge < -0.3 is 10.5 Å². The van der Waals surface area contributed by atoms with Gasteiger partial charge in [-0.3, -0.25) is 0 Å². The molecule has 0 aliphatic carbocycles. The fourth-order valence-corrected chi connectivity index (χ4v) is 2.01. The summed E-state index contributed by atoms with van der Waals surface area (Å²) in [4.78, 5) is 11.9. The molecule has 0 unspecified atom stereocenters. The Balaban J connectivity index is 2.18. The lowest BCUT2D eigenvalue weighted by Gasteiger charge is -2.11. The molecule has 2 aromatic rings. The molecule has 0 bridgehead atoms. The van der Waals surface area contributed by atoms with Crippen molar-refractivity contribution in [2.45, 2.75) is 20.5 Å². The largest absolute Gasteiger partial charge is 0.457 e. The molecule has 0 spiro atoms. The maximum absolute atomic E-state index is 13.6. The summed E-state index contributed by atoms with van der Waals surface area (Å²) in [5.41, 5.74) is 7.47. The number of esters is 1. The lowest BCUT2D eigenvalue weighted by molar-refractivity contribution is 0.0466. The summed E-state index contributed by atoms with van der Waals surface area (Å²) in [6, 6.07) is 7.21. The van der Waals surface area contributed by atoms with Crippen LogP contribution in [0.25, 0.3) is 0 Å². The first-order valence-electron chi connectivity index (χ1n) is 6.37. The molecule has 2 N–H and O–H groups in total. The van der Waals surface area contributed by atoms with Gasteiger partial charge in [-0.1, -0.05) is 18.2 Å². The van der Waals surface area contributed by atoms with Crippen molar-refractivity contribution in [2.75, 3.05) is 5.73 Å². The number of carbonyl (C=O) groups is 1. The second-order valence-electron chi connectivity index (χ2n) is 4.80. The fraction of sp³-hybridized carbons (Fsp3) is 0.188. The van der Waals surface area contributed by atoms with Crippen LogP contribution >= 0.6 is 0 Å². The van der Waals surface area contributed by atoms with Gasteiger partial charge >= 0.3 is 5.97 Å². The van der Waals surface area contributed by atoms with E-state index in [1.165, 1.54) is 0 Å². The first-order valence-corrected chi connectivity index (χ1v) is 6.37. The van der Waals surface area contributed by atoms with E-state index < -0.39 is 17.6 Å². The Morgan fingerprint density at radius 1 is 1.14 bits per heavy atom. The Hall–Kier alpha value is -2.43. The summed E-state index contributed by atoms with van der Waals surface area (Å²) < 4.78 is 31.7. The first-order chi connectivity index (χ1) is 9.90. The highest BCUT2D eigenvalue weighted by Gasteiger charge is 2.17. The van der Waals surface area contributed by atoms with E-state index in [2.05, 4.69) is 0 Å². The van der Waals surface area contributed by atoms with Gasteiger partial charge in [0.1, 0.15) is 18.2 Å². The Morgan fingerprint density at radius 2 is 1.76 bits per heavy atom. The van der Waals surface area contributed by atoms with E-state index in [1.54, 1.807) is 0 Å². The number of benzene rings is 2. The maximum Gasteiger partial charge on any atom is 0.341 e. The topological polar surface area (TPSA) is 52.3 Å². The highest BCUT2D eigenvalue weighted by Crippen LogP contribution is 2.19. The van der Waals surface area contributed by atoms with Gasteiger partial charge in [0, 0.05) is 6.07 Å². The number of nitrogen functional groups attached to an aromatic ring is 1. The predicted octanol–water partition coefficient (Wildman–Crippen LogP) is 3.52. The molecule has 0 aromatic heterocycles. The Morgan fingerprint density at radius 3 is 2.38 bits per heavy atom. The normalized spacial score (nSPS) is 10.5. The smallest absolute Gasteiger partial charge is 0.341 e. The lowest BCUT2D eigenvalue weighted by Crippen LogP contribution is -2.10. The number of anilines is 1. The molecule has 0 aliphatic rings. The fourth-order valence-electron chi connectivity index (χ4n) is 2.01. The average Bonchev–Trinajstić information content (AvgIpc) is 2.42. The second kappa shape index (κ2) is 5.91. The van der Waals surface area contributed by atoms with E-state index in [-0.39, 0.29) is 17.9 Å². The Bertz CT molecular complexity index is 679. The standard InChI is InChI=1S/C16H15F2NO2/c1-9-4-3-5-10(2)12(9)8-21-16(20)11-6-15(19)14(18)7-13(11)17/h3-7H,8,19H2,1-2H3. The zero-order valence-electron chi connectivity index (χ0n) is 11.7. The number of carbonyl (C=O) groups excluding carboxylic acids is 1. The third kappa shape index (κ3) is 3.18. The quantitative estimate of drug-likeness (QED) is 0.695. The molecule has 110 valence electrons. The molecule has 3 nitrogen and oxygen atoms in total. The van der Waals surface area contributed by atoms with E-state index in [4.69, 9.17) is 10.5 Å². The summed E-state index contributed by atoms with van der Waals surface area (Å²) in [6.07, 6.45) is 0. The number of nitrogens with two attached hydrogens (primary N) is 1. The lowest BCUT2D eigenvalue weighted by atomic mass is 10.0. The highest BCUT2D eigenvalue weighted by atomic mass is 19.1. The molecule has 5 heteroatoms. The molecular formula is C16H15F2NO2. The zero-order valence-corrected chi connectivity index (χ0v) is 11.7. The Labute approximate surface area is 121 Å². The van der Waals surface area contributed by atoms with Crippen molar-refractivity contribution in [1.82, 2.24) is 0 Å². The minimum Gasteiger partial charge on any atom is -0.457 e. The van der Waals surface area contributed by atoms with Crippen LogP contribution in [0.3, 0.4) is 0 Å². The Kier molecular flexibility index (Phi) is 4.21. The SMILES string of the molecule is Cc1cccc(C)c1COC(=O)c1cc(N)c(F)cc1F. The van der Waals surface area contributed by atoms with Crippen molar-refractivity contribution in [3.05, 3.63) is 64.2 Å². The molecule has 2 aromatic carbocycles. The summed E-state index contributed by atoms with van der Waals surface area (Å²) in [5, 5.41) is 0. The van der Waals surface area contributed by atoms with E-state index in [0.29, 0.717) is 6.07 Å². The van der Waals surface area contributed by atoms with Gasteiger partial charge in [0.15, 0.2) is 0 Å². The number of aryl methyl sites for hydroxylation is 2. The molecule has 0 amide bonds. The summed E-state index contributed by atoms with van der Waals surface area (Å²) in [7, 11) is 0. The third-order valence-corrected chi connectivity index (χ3v) is 3.30. The van der Waals surface area contributed by atoms with Gasteiger partial charge in [-0.15, -0.1) is 0 Å². The maximum atomic E-state index is 13.6. The van der Waals surface area contributed by atoms with Gasteiger partial charge in [0.2, 0.25) is 0 Å². The van der Waals surface area contributed by atoms with Crippen LogP contribution < -0.4 is 5.73 Å². The van der Waals surface area contributed by atoms with Gasteiger partial charge in [-0.05, 0) is 36.6 Å². The van der Waals surface area contributed by atoms with Crippen LogP contribution in [-0.2, 0) is 11.3 Å². The van der Waals surface area contributed by atoms with Gasteiger partial charge in [-0.2, -0.15) is 0 Å². The summed E-state index contributed by atoms with van der Waals surface area (Å²) in [6.45, 7) is 3.81. The number of ether oxygens (including phenoxy) is 1. The predicted molar refractivity (Wildman–Crippen MR) is 75.8 cm³/mol. The van der Waals surface area contributed by atoms with Crippen LogP contribution in [-0.4, -0.2) is 5.97 Å². The van der Waals surface area contributed by atoms with Gasteiger partial charge in [0.25, 0.3) is 0 Å². The molecule has 0 saturated heterocycles. The van der Waals surface area contributed by atoms with Crippen molar-refractivity contribution >= 4 is 11.7 Å². The minimum absolute atomic E-state index is 0.0219. The van der Waals surface area contributed by atoms with Crippen molar-refractivity contribution in [3.8, 4) is 0 Å². The number of hydrogen-bond donors (Lipinski definition) is 1. The van der Waals surface area contributed by atoms with Crippen LogP contribution in [0.2, 0.25) is 0 Å². The van der Waals surface area contributed by atoms with Gasteiger partial charge in [0.05, 0.1) is 11.3 Å².